The zero-order valence-corrected chi connectivity index (χ0v) is 13.9. The molecule has 3 heterocycles. The minimum Gasteiger partial charge on any atom is -0.497 e. The second kappa shape index (κ2) is 6.17. The number of hydrogen-bond donors (Lipinski definition) is 0. The first-order chi connectivity index (χ1) is 11.8. The predicted molar refractivity (Wildman–Crippen MR) is 91.7 cm³/mol. The third-order valence-electron chi connectivity index (χ3n) is 4.47. The molecule has 0 amide bonds. The van der Waals surface area contributed by atoms with Gasteiger partial charge in [0.15, 0.2) is 6.23 Å². The maximum absolute atomic E-state index is 6.06. The van der Waals surface area contributed by atoms with Crippen LogP contribution in [0.3, 0.4) is 0 Å². The van der Waals surface area contributed by atoms with E-state index >= 15 is 0 Å². The number of methoxy groups -OCH3 is 2. The van der Waals surface area contributed by atoms with Gasteiger partial charge >= 0.3 is 0 Å². The first-order valence-corrected chi connectivity index (χ1v) is 8.08. The first-order valence-electron chi connectivity index (χ1n) is 8.08. The second-order valence-corrected chi connectivity index (χ2v) is 5.88. The number of rotatable bonds is 3. The van der Waals surface area contributed by atoms with Crippen LogP contribution in [0.5, 0.6) is 11.5 Å². The van der Waals surface area contributed by atoms with E-state index in [2.05, 4.69) is 22.0 Å². The fourth-order valence-electron chi connectivity index (χ4n) is 3.32. The van der Waals surface area contributed by atoms with E-state index in [0.29, 0.717) is 0 Å². The largest absolute Gasteiger partial charge is 0.497 e. The zero-order valence-electron chi connectivity index (χ0n) is 13.9. The molecule has 5 nitrogen and oxygen atoms in total. The molecule has 4 rings (SSSR count). The van der Waals surface area contributed by atoms with Crippen LogP contribution in [-0.4, -0.2) is 37.3 Å². The molecule has 1 aromatic carbocycles. The molecule has 24 heavy (non-hydrogen) atoms. The molecule has 0 N–H and O–H groups in total. The molecule has 2 aliphatic heterocycles. The maximum Gasteiger partial charge on any atom is 0.158 e. The Hall–Kier alpha value is -2.53. The molecular weight excluding hydrogens is 304 g/mol. The highest BCUT2D eigenvalue weighted by atomic mass is 16.5. The molecular formula is C19H20N2O3. The summed E-state index contributed by atoms with van der Waals surface area (Å²) in [6.07, 6.45) is 4.86. The fraction of sp³-hybridized carbons (Fsp3) is 0.316. The number of pyridine rings is 1. The van der Waals surface area contributed by atoms with Crippen molar-refractivity contribution >= 4 is 11.8 Å². The highest BCUT2D eigenvalue weighted by Crippen LogP contribution is 2.41. The van der Waals surface area contributed by atoms with Gasteiger partial charge in [0.25, 0.3) is 0 Å². The van der Waals surface area contributed by atoms with Gasteiger partial charge in [-0.05, 0) is 30.7 Å². The number of ether oxygens (including phenoxy) is 3. The van der Waals surface area contributed by atoms with Crippen molar-refractivity contribution in [2.24, 2.45) is 0 Å². The van der Waals surface area contributed by atoms with Crippen molar-refractivity contribution in [2.45, 2.75) is 12.6 Å². The lowest BCUT2D eigenvalue weighted by Crippen LogP contribution is -2.37. The number of benzene rings is 1. The maximum atomic E-state index is 6.06. The summed E-state index contributed by atoms with van der Waals surface area (Å²) in [6, 6.07) is 9.97. The van der Waals surface area contributed by atoms with Crippen LogP contribution in [0.15, 0.2) is 36.5 Å². The van der Waals surface area contributed by atoms with Crippen LogP contribution >= 0.6 is 0 Å². The Kier molecular flexibility index (Phi) is 3.86. The van der Waals surface area contributed by atoms with Gasteiger partial charge in [0.1, 0.15) is 11.5 Å². The van der Waals surface area contributed by atoms with Crippen molar-refractivity contribution in [1.29, 1.82) is 0 Å². The number of aromatic nitrogens is 1. The lowest BCUT2D eigenvalue weighted by atomic mass is 9.99. The SMILES string of the molecule is COc1cc(OC)cc(C2=Cc3ncccc3C3OCCCN23)c1. The van der Waals surface area contributed by atoms with Gasteiger partial charge in [0, 0.05) is 35.6 Å². The number of hydrogen-bond acceptors (Lipinski definition) is 5. The molecule has 1 fully saturated rings. The summed E-state index contributed by atoms with van der Waals surface area (Å²) in [4.78, 5) is 6.82. The molecule has 0 spiro atoms. The molecule has 1 atom stereocenters. The van der Waals surface area contributed by atoms with Gasteiger partial charge in [-0.2, -0.15) is 0 Å². The molecule has 1 saturated heterocycles. The van der Waals surface area contributed by atoms with E-state index in [9.17, 15) is 0 Å². The van der Waals surface area contributed by atoms with Crippen molar-refractivity contribution < 1.29 is 14.2 Å². The number of fused-ring (bicyclic) bond motifs is 3. The molecule has 124 valence electrons. The van der Waals surface area contributed by atoms with Gasteiger partial charge in [0.2, 0.25) is 0 Å². The highest BCUT2D eigenvalue weighted by Gasteiger charge is 2.32. The minimum atomic E-state index is -0.0837. The summed E-state index contributed by atoms with van der Waals surface area (Å²) in [5, 5.41) is 0. The molecule has 2 aliphatic rings. The Morgan fingerprint density at radius 1 is 1.17 bits per heavy atom. The molecule has 0 bridgehead atoms. The predicted octanol–water partition coefficient (Wildman–Crippen LogP) is 3.33. The standard InChI is InChI=1S/C19H20N2O3/c1-22-14-9-13(10-15(11-14)23-2)18-12-17-16(5-3-6-20-17)19-21(18)7-4-8-24-19/h3,5-6,9-12,19H,4,7-8H2,1-2H3. The van der Waals surface area contributed by atoms with Crippen LogP contribution in [0.4, 0.5) is 0 Å². The van der Waals surface area contributed by atoms with Crippen LogP contribution in [0, 0.1) is 0 Å². The van der Waals surface area contributed by atoms with Crippen molar-refractivity contribution in [1.82, 2.24) is 9.88 Å². The Labute approximate surface area is 141 Å². The lowest BCUT2D eigenvalue weighted by molar-refractivity contribution is -0.0703. The van der Waals surface area contributed by atoms with E-state index in [1.54, 1.807) is 14.2 Å². The fourth-order valence-corrected chi connectivity index (χ4v) is 3.32. The quantitative estimate of drug-likeness (QED) is 0.866. The van der Waals surface area contributed by atoms with Crippen LogP contribution in [-0.2, 0) is 4.74 Å². The van der Waals surface area contributed by atoms with Crippen LogP contribution in [0.1, 0.15) is 29.5 Å². The smallest absolute Gasteiger partial charge is 0.158 e. The zero-order chi connectivity index (χ0) is 16.5. The Morgan fingerprint density at radius 2 is 1.96 bits per heavy atom. The Morgan fingerprint density at radius 3 is 2.71 bits per heavy atom. The van der Waals surface area contributed by atoms with Gasteiger partial charge in [0.05, 0.1) is 26.5 Å². The van der Waals surface area contributed by atoms with Crippen molar-refractivity contribution in [3.8, 4) is 11.5 Å². The van der Waals surface area contributed by atoms with E-state index in [-0.39, 0.29) is 6.23 Å². The Balaban J connectivity index is 1.86. The normalized spacial score (nSPS) is 19.2. The van der Waals surface area contributed by atoms with Crippen LogP contribution in [0.25, 0.3) is 11.8 Å². The summed E-state index contributed by atoms with van der Waals surface area (Å²) in [5.41, 5.74) is 4.20. The van der Waals surface area contributed by atoms with Gasteiger partial charge < -0.3 is 19.1 Å². The molecule has 2 aromatic rings. The summed E-state index contributed by atoms with van der Waals surface area (Å²) < 4.78 is 16.9. The van der Waals surface area contributed by atoms with E-state index in [0.717, 1.165) is 53.6 Å². The highest BCUT2D eigenvalue weighted by molar-refractivity contribution is 5.83. The summed E-state index contributed by atoms with van der Waals surface area (Å²) in [5.74, 6) is 1.54. The molecule has 0 aliphatic carbocycles. The van der Waals surface area contributed by atoms with E-state index in [4.69, 9.17) is 14.2 Å². The van der Waals surface area contributed by atoms with Crippen molar-refractivity contribution in [3.63, 3.8) is 0 Å². The van der Waals surface area contributed by atoms with Gasteiger partial charge in [-0.1, -0.05) is 6.07 Å². The van der Waals surface area contributed by atoms with Gasteiger partial charge in [-0.25, -0.2) is 0 Å². The Bertz CT molecular complexity index is 766. The average molecular weight is 324 g/mol. The minimum absolute atomic E-state index is 0.0837. The van der Waals surface area contributed by atoms with E-state index < -0.39 is 0 Å². The van der Waals surface area contributed by atoms with Crippen LogP contribution in [0.2, 0.25) is 0 Å². The van der Waals surface area contributed by atoms with Crippen molar-refractivity contribution in [3.05, 3.63) is 53.3 Å². The summed E-state index contributed by atoms with van der Waals surface area (Å²) >= 11 is 0. The molecule has 1 aromatic heterocycles. The van der Waals surface area contributed by atoms with Gasteiger partial charge in [-0.15, -0.1) is 0 Å². The molecule has 0 radical (unpaired) electrons. The third kappa shape index (κ3) is 2.51. The first kappa shape index (κ1) is 15.0. The summed E-state index contributed by atoms with van der Waals surface area (Å²) in [6.45, 7) is 1.72. The second-order valence-electron chi connectivity index (χ2n) is 5.88. The lowest BCUT2D eigenvalue weighted by Gasteiger charge is -2.42. The number of nitrogens with zero attached hydrogens (tertiary/aromatic N) is 2. The topological polar surface area (TPSA) is 43.8 Å². The average Bonchev–Trinajstić information content (AvgIpc) is 2.66. The van der Waals surface area contributed by atoms with E-state index in [1.807, 2.05) is 30.5 Å². The molecule has 5 heteroatoms. The monoisotopic (exact) mass is 324 g/mol. The van der Waals surface area contributed by atoms with Crippen LogP contribution < -0.4 is 9.47 Å². The third-order valence-corrected chi connectivity index (χ3v) is 4.47. The molecule has 1 unspecified atom stereocenters. The molecule has 0 saturated carbocycles. The van der Waals surface area contributed by atoms with Crippen molar-refractivity contribution in [2.75, 3.05) is 27.4 Å². The summed E-state index contributed by atoms with van der Waals surface area (Å²) in [7, 11) is 3.33. The van der Waals surface area contributed by atoms with E-state index in [1.165, 1.54) is 0 Å². The van der Waals surface area contributed by atoms with Gasteiger partial charge in [-0.3, -0.25) is 4.98 Å².